The van der Waals surface area contributed by atoms with Crippen molar-refractivity contribution in [1.29, 1.82) is 0 Å². The summed E-state index contributed by atoms with van der Waals surface area (Å²) in [6.45, 7) is 3.32. The van der Waals surface area contributed by atoms with Gasteiger partial charge in [0, 0.05) is 12.6 Å². The van der Waals surface area contributed by atoms with E-state index in [1.807, 2.05) is 0 Å². The molecule has 0 atom stereocenters. The van der Waals surface area contributed by atoms with E-state index in [4.69, 9.17) is 0 Å². The molecule has 2 aromatic rings. The van der Waals surface area contributed by atoms with Crippen molar-refractivity contribution in [3.63, 3.8) is 0 Å². The highest BCUT2D eigenvalue weighted by Crippen LogP contribution is 2.25. The van der Waals surface area contributed by atoms with Gasteiger partial charge in [0.2, 0.25) is 0 Å². The van der Waals surface area contributed by atoms with Crippen LogP contribution >= 0.6 is 0 Å². The van der Waals surface area contributed by atoms with Crippen LogP contribution in [0.15, 0.2) is 54.6 Å². The Morgan fingerprint density at radius 2 is 1.62 bits per heavy atom. The van der Waals surface area contributed by atoms with Crippen molar-refractivity contribution in [3.05, 3.63) is 60.2 Å². The first-order valence-corrected chi connectivity index (χ1v) is 7.89. The fourth-order valence-electron chi connectivity index (χ4n) is 3.20. The second-order valence-electron chi connectivity index (χ2n) is 5.92. The molecule has 0 amide bonds. The molecular formula is C19H24N2. The van der Waals surface area contributed by atoms with Crippen molar-refractivity contribution in [2.45, 2.75) is 25.4 Å². The van der Waals surface area contributed by atoms with Crippen LogP contribution in [0.25, 0.3) is 11.1 Å². The fourth-order valence-corrected chi connectivity index (χ4v) is 3.20. The number of rotatable bonds is 4. The molecule has 0 bridgehead atoms. The number of benzene rings is 2. The van der Waals surface area contributed by atoms with Crippen LogP contribution in [0.4, 0.5) is 0 Å². The molecule has 0 unspecified atom stereocenters. The SMILES string of the molecule is CN(Cc1ccccc1-c1ccccc1)C1CCNCC1. The van der Waals surface area contributed by atoms with Gasteiger partial charge in [0.25, 0.3) is 0 Å². The molecule has 0 saturated carbocycles. The van der Waals surface area contributed by atoms with E-state index in [-0.39, 0.29) is 0 Å². The van der Waals surface area contributed by atoms with Crippen molar-refractivity contribution in [3.8, 4) is 11.1 Å². The molecule has 0 aromatic heterocycles. The first kappa shape index (κ1) is 14.3. The van der Waals surface area contributed by atoms with E-state index in [1.165, 1.54) is 29.5 Å². The Balaban J connectivity index is 1.79. The molecule has 3 rings (SSSR count). The minimum atomic E-state index is 0.704. The standard InChI is InChI=1S/C19H24N2/c1-21(18-11-13-20-14-12-18)15-17-9-5-6-10-19(17)16-7-3-2-4-8-16/h2-10,18,20H,11-15H2,1H3. The van der Waals surface area contributed by atoms with Crippen LogP contribution in [0.1, 0.15) is 18.4 Å². The third-order valence-electron chi connectivity index (χ3n) is 4.45. The van der Waals surface area contributed by atoms with Crippen LogP contribution in [0, 0.1) is 0 Å². The molecule has 1 N–H and O–H groups in total. The number of piperidine rings is 1. The lowest BCUT2D eigenvalue weighted by Crippen LogP contribution is -2.40. The van der Waals surface area contributed by atoms with E-state index in [0.717, 1.165) is 19.6 Å². The maximum Gasteiger partial charge on any atom is 0.0239 e. The average Bonchev–Trinajstić information content (AvgIpc) is 2.57. The van der Waals surface area contributed by atoms with Gasteiger partial charge in [-0.1, -0.05) is 54.6 Å². The van der Waals surface area contributed by atoms with Crippen molar-refractivity contribution in [2.24, 2.45) is 0 Å². The van der Waals surface area contributed by atoms with Gasteiger partial charge in [-0.25, -0.2) is 0 Å². The van der Waals surface area contributed by atoms with Gasteiger partial charge in [0.05, 0.1) is 0 Å². The van der Waals surface area contributed by atoms with Crippen molar-refractivity contribution >= 4 is 0 Å². The molecule has 0 radical (unpaired) electrons. The number of nitrogens with zero attached hydrogens (tertiary/aromatic N) is 1. The Hall–Kier alpha value is -1.64. The van der Waals surface area contributed by atoms with Crippen LogP contribution < -0.4 is 5.32 Å². The van der Waals surface area contributed by atoms with E-state index in [0.29, 0.717) is 6.04 Å². The highest BCUT2D eigenvalue weighted by atomic mass is 15.1. The molecule has 110 valence electrons. The minimum absolute atomic E-state index is 0.704. The lowest BCUT2D eigenvalue weighted by Gasteiger charge is -2.32. The van der Waals surface area contributed by atoms with E-state index in [2.05, 4.69) is 71.9 Å². The van der Waals surface area contributed by atoms with Gasteiger partial charge in [-0.3, -0.25) is 4.90 Å². The van der Waals surface area contributed by atoms with Crippen molar-refractivity contribution < 1.29 is 0 Å². The van der Waals surface area contributed by atoms with E-state index in [9.17, 15) is 0 Å². The highest BCUT2D eigenvalue weighted by Gasteiger charge is 2.18. The molecule has 1 aliphatic heterocycles. The Kier molecular flexibility index (Phi) is 4.69. The molecule has 2 heteroatoms. The predicted molar refractivity (Wildman–Crippen MR) is 89.2 cm³/mol. The van der Waals surface area contributed by atoms with Gasteiger partial charge in [-0.05, 0) is 49.7 Å². The highest BCUT2D eigenvalue weighted by molar-refractivity contribution is 5.67. The Morgan fingerprint density at radius 3 is 2.38 bits per heavy atom. The van der Waals surface area contributed by atoms with Crippen LogP contribution in [0.5, 0.6) is 0 Å². The molecule has 1 fully saturated rings. The van der Waals surface area contributed by atoms with Crippen LogP contribution in [0.2, 0.25) is 0 Å². The van der Waals surface area contributed by atoms with Gasteiger partial charge in [0.1, 0.15) is 0 Å². The molecule has 21 heavy (non-hydrogen) atoms. The summed E-state index contributed by atoms with van der Waals surface area (Å²) >= 11 is 0. The Labute approximate surface area is 127 Å². The topological polar surface area (TPSA) is 15.3 Å². The molecule has 2 aromatic carbocycles. The van der Waals surface area contributed by atoms with Crippen LogP contribution in [-0.2, 0) is 6.54 Å². The second-order valence-corrected chi connectivity index (χ2v) is 5.92. The van der Waals surface area contributed by atoms with Gasteiger partial charge in [-0.15, -0.1) is 0 Å². The van der Waals surface area contributed by atoms with Crippen LogP contribution in [0.3, 0.4) is 0 Å². The zero-order chi connectivity index (χ0) is 14.5. The largest absolute Gasteiger partial charge is 0.317 e. The quantitative estimate of drug-likeness (QED) is 0.921. The lowest BCUT2D eigenvalue weighted by atomic mass is 9.98. The first-order valence-electron chi connectivity index (χ1n) is 7.89. The summed E-state index contributed by atoms with van der Waals surface area (Å²) in [5.74, 6) is 0. The third kappa shape index (κ3) is 3.52. The molecule has 1 saturated heterocycles. The minimum Gasteiger partial charge on any atom is -0.317 e. The normalized spacial score (nSPS) is 16.3. The molecular weight excluding hydrogens is 256 g/mol. The number of hydrogen-bond donors (Lipinski definition) is 1. The monoisotopic (exact) mass is 280 g/mol. The third-order valence-corrected chi connectivity index (χ3v) is 4.45. The van der Waals surface area contributed by atoms with Crippen molar-refractivity contribution in [2.75, 3.05) is 20.1 Å². The summed E-state index contributed by atoms with van der Waals surface area (Å²) in [6.07, 6.45) is 2.51. The maximum absolute atomic E-state index is 3.44. The van der Waals surface area contributed by atoms with Gasteiger partial charge in [-0.2, -0.15) is 0 Å². The van der Waals surface area contributed by atoms with E-state index < -0.39 is 0 Å². The zero-order valence-electron chi connectivity index (χ0n) is 12.8. The summed E-state index contributed by atoms with van der Waals surface area (Å²) in [7, 11) is 2.26. The summed E-state index contributed by atoms with van der Waals surface area (Å²) in [5.41, 5.74) is 4.09. The maximum atomic E-state index is 3.44. The van der Waals surface area contributed by atoms with E-state index in [1.54, 1.807) is 0 Å². The molecule has 1 aliphatic rings. The Morgan fingerprint density at radius 1 is 0.952 bits per heavy atom. The van der Waals surface area contributed by atoms with Crippen LogP contribution in [-0.4, -0.2) is 31.1 Å². The molecule has 1 heterocycles. The summed E-state index contributed by atoms with van der Waals surface area (Å²) in [4.78, 5) is 2.52. The predicted octanol–water partition coefficient (Wildman–Crippen LogP) is 3.54. The molecule has 0 spiro atoms. The zero-order valence-corrected chi connectivity index (χ0v) is 12.8. The summed E-state index contributed by atoms with van der Waals surface area (Å²) in [6, 6.07) is 20.2. The first-order chi connectivity index (χ1) is 10.3. The van der Waals surface area contributed by atoms with Crippen molar-refractivity contribution in [1.82, 2.24) is 10.2 Å². The lowest BCUT2D eigenvalue weighted by molar-refractivity contribution is 0.192. The van der Waals surface area contributed by atoms with Gasteiger partial charge < -0.3 is 5.32 Å². The van der Waals surface area contributed by atoms with Gasteiger partial charge >= 0.3 is 0 Å². The Bertz CT molecular complexity index is 559. The molecule has 0 aliphatic carbocycles. The summed E-state index contributed by atoms with van der Waals surface area (Å²) < 4.78 is 0. The van der Waals surface area contributed by atoms with Gasteiger partial charge in [0.15, 0.2) is 0 Å². The fraction of sp³-hybridized carbons (Fsp3) is 0.368. The van der Waals surface area contributed by atoms with E-state index >= 15 is 0 Å². The number of nitrogens with one attached hydrogen (secondary N) is 1. The molecule has 2 nitrogen and oxygen atoms in total. The summed E-state index contributed by atoms with van der Waals surface area (Å²) in [5, 5.41) is 3.44. The second kappa shape index (κ2) is 6.88. The average molecular weight is 280 g/mol. The smallest absolute Gasteiger partial charge is 0.0239 e. The number of hydrogen-bond acceptors (Lipinski definition) is 2.